The van der Waals surface area contributed by atoms with Crippen molar-refractivity contribution in [1.82, 2.24) is 15.0 Å². The van der Waals surface area contributed by atoms with Gasteiger partial charge in [-0.05, 0) is 50.6 Å². The lowest BCUT2D eigenvalue weighted by molar-refractivity contribution is -0.121. The Bertz CT molecular complexity index is 1220. The second kappa shape index (κ2) is 8.43. The zero-order valence-corrected chi connectivity index (χ0v) is 18.5. The molecule has 2 aromatic heterocycles. The highest BCUT2D eigenvalue weighted by Gasteiger charge is 2.49. The molecule has 0 bridgehead atoms. The van der Waals surface area contributed by atoms with Gasteiger partial charge in [-0.1, -0.05) is 26.0 Å². The molecule has 0 fully saturated rings. The van der Waals surface area contributed by atoms with Gasteiger partial charge in [-0.25, -0.2) is 9.97 Å². The van der Waals surface area contributed by atoms with E-state index in [0.29, 0.717) is 5.82 Å². The van der Waals surface area contributed by atoms with E-state index >= 15 is 0 Å². The molecule has 4 rings (SSSR count). The number of aliphatic imine (C=N–C) groups is 1. The molecule has 0 saturated heterocycles. The standard InChI is InChI=1S/C26H25N5O/c1-5-17(8-11-28-4)25-30-22(18-9-12-29-13-10-18)20-6-7-21-16(2)23(32)19(15-27)14-26(21,3)24(20)31-25/h5,8-14,16,21H,4,6-7H2,1-3H3/b11-8-,17-5+/t16-,21-,26-/m1/s1. The van der Waals surface area contributed by atoms with Gasteiger partial charge in [0.2, 0.25) is 0 Å². The summed E-state index contributed by atoms with van der Waals surface area (Å²) < 4.78 is 0. The number of nitriles is 1. The van der Waals surface area contributed by atoms with E-state index in [1.54, 1.807) is 18.6 Å². The first-order valence-corrected chi connectivity index (χ1v) is 10.7. The fraction of sp³-hybridized carbons (Fsp3) is 0.308. The predicted octanol–water partition coefficient (Wildman–Crippen LogP) is 4.65. The van der Waals surface area contributed by atoms with E-state index in [4.69, 9.17) is 9.97 Å². The SMILES string of the molecule is C=N/C=C\C(=C/C)c1nc(-c2ccncc2)c2c(n1)[C@]1(C)C=C(C#N)C(=O)[C@H](C)[C@H]1CC2. The second-order valence-electron chi connectivity index (χ2n) is 8.45. The van der Waals surface area contributed by atoms with Crippen LogP contribution < -0.4 is 0 Å². The molecule has 0 aliphatic heterocycles. The zero-order valence-electron chi connectivity index (χ0n) is 18.5. The van der Waals surface area contributed by atoms with Crippen LogP contribution in [0, 0.1) is 23.2 Å². The first-order valence-electron chi connectivity index (χ1n) is 10.7. The highest BCUT2D eigenvalue weighted by Crippen LogP contribution is 2.50. The van der Waals surface area contributed by atoms with Crippen molar-refractivity contribution < 1.29 is 4.79 Å². The molecule has 0 radical (unpaired) electrons. The number of hydrogen-bond donors (Lipinski definition) is 0. The van der Waals surface area contributed by atoms with E-state index in [-0.39, 0.29) is 23.2 Å². The molecule has 0 saturated carbocycles. The molecular formula is C26H25N5O. The molecule has 3 atom stereocenters. The van der Waals surface area contributed by atoms with Crippen molar-refractivity contribution in [3.63, 3.8) is 0 Å². The Hall–Kier alpha value is -3.72. The summed E-state index contributed by atoms with van der Waals surface area (Å²) in [6.07, 6.45) is 12.3. The predicted molar refractivity (Wildman–Crippen MR) is 125 cm³/mol. The quantitative estimate of drug-likeness (QED) is 0.527. The first-order chi connectivity index (χ1) is 15.4. The number of pyridine rings is 1. The fourth-order valence-electron chi connectivity index (χ4n) is 5.08. The molecule has 2 heterocycles. The van der Waals surface area contributed by atoms with Crippen LogP contribution in [0.15, 0.2) is 59.5 Å². The highest BCUT2D eigenvalue weighted by molar-refractivity contribution is 6.02. The normalized spacial score (nSPS) is 25.0. The minimum Gasteiger partial charge on any atom is -0.293 e. The van der Waals surface area contributed by atoms with Crippen LogP contribution in [0.5, 0.6) is 0 Å². The fourth-order valence-corrected chi connectivity index (χ4v) is 5.08. The summed E-state index contributed by atoms with van der Waals surface area (Å²) in [6, 6.07) is 6.00. The van der Waals surface area contributed by atoms with E-state index in [1.165, 1.54) is 0 Å². The topological polar surface area (TPSA) is 91.9 Å². The molecule has 160 valence electrons. The Morgan fingerprint density at radius 2 is 2.09 bits per heavy atom. The number of allylic oxidation sites excluding steroid dienone is 5. The first kappa shape index (κ1) is 21.5. The van der Waals surface area contributed by atoms with Crippen LogP contribution in [0.3, 0.4) is 0 Å². The van der Waals surface area contributed by atoms with Gasteiger partial charge >= 0.3 is 0 Å². The lowest BCUT2D eigenvalue weighted by Crippen LogP contribution is -2.46. The van der Waals surface area contributed by atoms with Gasteiger partial charge in [-0.15, -0.1) is 0 Å². The van der Waals surface area contributed by atoms with Gasteiger partial charge in [-0.3, -0.25) is 14.8 Å². The van der Waals surface area contributed by atoms with E-state index in [9.17, 15) is 10.1 Å². The largest absolute Gasteiger partial charge is 0.293 e. The summed E-state index contributed by atoms with van der Waals surface area (Å²) in [4.78, 5) is 30.7. The second-order valence-corrected chi connectivity index (χ2v) is 8.45. The molecule has 2 aromatic rings. The van der Waals surface area contributed by atoms with Crippen molar-refractivity contribution in [2.24, 2.45) is 16.8 Å². The summed E-state index contributed by atoms with van der Waals surface area (Å²) in [5.74, 6) is 0.348. The third-order valence-corrected chi connectivity index (χ3v) is 6.72. The summed E-state index contributed by atoms with van der Waals surface area (Å²) in [6.45, 7) is 9.47. The summed E-state index contributed by atoms with van der Waals surface area (Å²) in [5, 5.41) is 9.63. The van der Waals surface area contributed by atoms with Gasteiger partial charge in [0.25, 0.3) is 0 Å². The van der Waals surface area contributed by atoms with Crippen molar-refractivity contribution in [3.05, 3.63) is 71.6 Å². The van der Waals surface area contributed by atoms with Crippen LogP contribution in [-0.4, -0.2) is 27.5 Å². The summed E-state index contributed by atoms with van der Waals surface area (Å²) in [5.41, 5.74) is 4.29. The van der Waals surface area contributed by atoms with Crippen molar-refractivity contribution in [2.45, 2.75) is 39.0 Å². The highest BCUT2D eigenvalue weighted by atomic mass is 16.1. The monoisotopic (exact) mass is 423 g/mol. The number of rotatable bonds is 4. The Balaban J connectivity index is 2.03. The van der Waals surface area contributed by atoms with Gasteiger partial charge in [0.05, 0.1) is 17.0 Å². The molecule has 0 N–H and O–H groups in total. The number of nitrogens with zero attached hydrogens (tertiary/aromatic N) is 5. The van der Waals surface area contributed by atoms with E-state index in [1.807, 2.05) is 44.2 Å². The number of carbonyl (C=O) groups is 1. The van der Waals surface area contributed by atoms with Gasteiger partial charge < -0.3 is 0 Å². The molecule has 32 heavy (non-hydrogen) atoms. The average molecular weight is 424 g/mol. The van der Waals surface area contributed by atoms with Crippen LogP contribution >= 0.6 is 0 Å². The van der Waals surface area contributed by atoms with Crippen LogP contribution in [0.4, 0.5) is 0 Å². The maximum atomic E-state index is 12.7. The van der Waals surface area contributed by atoms with Gasteiger partial charge in [0, 0.05) is 46.6 Å². The van der Waals surface area contributed by atoms with Crippen LogP contribution in [0.25, 0.3) is 16.8 Å². The van der Waals surface area contributed by atoms with Crippen molar-refractivity contribution in [1.29, 1.82) is 5.26 Å². The Labute approximate surface area is 188 Å². The molecule has 6 nitrogen and oxygen atoms in total. The maximum absolute atomic E-state index is 12.7. The molecule has 0 aromatic carbocycles. The minimum atomic E-state index is -0.537. The average Bonchev–Trinajstić information content (AvgIpc) is 2.82. The number of hydrogen-bond acceptors (Lipinski definition) is 6. The number of carbonyl (C=O) groups excluding carboxylic acids is 1. The lowest BCUT2D eigenvalue weighted by atomic mass is 9.57. The lowest BCUT2D eigenvalue weighted by Gasteiger charge is -2.45. The molecule has 0 spiro atoms. The number of ketones is 1. The van der Waals surface area contributed by atoms with Crippen LogP contribution in [-0.2, 0) is 16.6 Å². The summed E-state index contributed by atoms with van der Waals surface area (Å²) in [7, 11) is 0. The van der Waals surface area contributed by atoms with Crippen molar-refractivity contribution >= 4 is 18.1 Å². The molecular weight excluding hydrogens is 398 g/mol. The van der Waals surface area contributed by atoms with Crippen LogP contribution in [0.2, 0.25) is 0 Å². The van der Waals surface area contributed by atoms with Gasteiger partial charge in [-0.2, -0.15) is 5.26 Å². The van der Waals surface area contributed by atoms with Crippen molar-refractivity contribution in [2.75, 3.05) is 0 Å². The third-order valence-electron chi connectivity index (χ3n) is 6.72. The van der Waals surface area contributed by atoms with Gasteiger partial charge in [0.1, 0.15) is 6.07 Å². The summed E-state index contributed by atoms with van der Waals surface area (Å²) >= 11 is 0. The molecule has 2 aliphatic rings. The van der Waals surface area contributed by atoms with Crippen molar-refractivity contribution in [3.8, 4) is 17.3 Å². The van der Waals surface area contributed by atoms with E-state index < -0.39 is 5.41 Å². The number of fused-ring (bicyclic) bond motifs is 3. The maximum Gasteiger partial charge on any atom is 0.176 e. The Morgan fingerprint density at radius 1 is 1.34 bits per heavy atom. The Kier molecular flexibility index (Phi) is 5.67. The molecule has 6 heteroatoms. The van der Waals surface area contributed by atoms with E-state index in [0.717, 1.165) is 40.9 Å². The van der Waals surface area contributed by atoms with Gasteiger partial charge in [0.15, 0.2) is 11.6 Å². The van der Waals surface area contributed by atoms with E-state index in [2.05, 4.69) is 29.7 Å². The third kappa shape index (κ3) is 3.40. The number of aromatic nitrogens is 3. The molecule has 0 amide bonds. The minimum absolute atomic E-state index is 0.0730. The number of Topliss-reactive ketones (excluding diaryl/α,β-unsaturated/α-hetero) is 1. The zero-order chi connectivity index (χ0) is 22.9. The molecule has 2 aliphatic carbocycles. The smallest absolute Gasteiger partial charge is 0.176 e. The molecule has 0 unspecified atom stereocenters. The Morgan fingerprint density at radius 3 is 2.75 bits per heavy atom. The van der Waals surface area contributed by atoms with Crippen LogP contribution in [0.1, 0.15) is 44.3 Å².